The number of rotatable bonds is 4. The van der Waals surface area contributed by atoms with E-state index in [1.165, 1.54) is 0 Å². The number of hydrogen-bond acceptors (Lipinski definition) is 7. The average Bonchev–Trinajstić information content (AvgIpc) is 2.15. The molecule has 0 aromatic carbocycles. The molecule has 0 radical (unpaired) electrons. The molecule has 0 saturated carbocycles. The van der Waals surface area contributed by atoms with Crippen LogP contribution in [0.4, 0.5) is 0 Å². The molecule has 0 aromatic heterocycles. The van der Waals surface area contributed by atoms with Crippen molar-refractivity contribution in [1.29, 1.82) is 10.5 Å². The third kappa shape index (κ3) is 4.96. The van der Waals surface area contributed by atoms with Crippen molar-refractivity contribution < 1.29 is 23.8 Å². The van der Waals surface area contributed by atoms with Crippen molar-refractivity contribution in [2.45, 2.75) is 39.3 Å². The van der Waals surface area contributed by atoms with Gasteiger partial charge in [0.05, 0.1) is 0 Å². The fourth-order valence-corrected chi connectivity index (χ4v) is 1.05. The van der Waals surface area contributed by atoms with Gasteiger partial charge in [-0.05, 0) is 0 Å². The molecule has 7 heteroatoms. The first kappa shape index (κ1) is 14.9. The molecule has 7 nitrogen and oxygen atoms in total. The second kappa shape index (κ2) is 5.28. The highest BCUT2D eigenvalue weighted by atomic mass is 16.8. The molecule has 0 aliphatic carbocycles. The Kier molecular flexibility index (Phi) is 4.62. The summed E-state index contributed by atoms with van der Waals surface area (Å²) in [6.07, 6.45) is 0. The van der Waals surface area contributed by atoms with E-state index in [4.69, 9.17) is 15.3 Å². The fraction of sp³-hybridized carbons (Fsp3) is 0.600. The molecule has 0 aromatic rings. The fourth-order valence-electron chi connectivity index (χ4n) is 1.05. The Hall–Kier alpha value is -2.12. The van der Waals surface area contributed by atoms with Gasteiger partial charge >= 0.3 is 23.5 Å². The maximum Gasteiger partial charge on any atom is 0.305 e. The lowest BCUT2D eigenvalue weighted by molar-refractivity contribution is -0.282. The van der Waals surface area contributed by atoms with Gasteiger partial charge in [0.25, 0.3) is 0 Å². The van der Waals surface area contributed by atoms with E-state index in [1.54, 1.807) is 12.1 Å². The minimum Gasteiger partial charge on any atom is -0.419 e. The maximum absolute atomic E-state index is 10.8. The molecule has 0 aliphatic rings. The number of nitriles is 2. The summed E-state index contributed by atoms with van der Waals surface area (Å²) in [6.45, 7) is 4.42. The summed E-state index contributed by atoms with van der Waals surface area (Å²) in [5.41, 5.74) is 0. The topological polar surface area (TPSA) is 109 Å². The van der Waals surface area contributed by atoms with Crippen LogP contribution in [0.25, 0.3) is 0 Å². The summed E-state index contributed by atoms with van der Waals surface area (Å²) in [4.78, 5) is 21.5. The lowest BCUT2D eigenvalue weighted by Gasteiger charge is -2.29. The van der Waals surface area contributed by atoms with Crippen LogP contribution in [0.15, 0.2) is 0 Å². The molecule has 0 bridgehead atoms. The van der Waals surface area contributed by atoms with Gasteiger partial charge in [-0.3, -0.25) is 14.3 Å². The summed E-state index contributed by atoms with van der Waals surface area (Å²) >= 11 is 0. The van der Waals surface area contributed by atoms with Gasteiger partial charge < -0.3 is 9.47 Å². The SMILES string of the molecule is CC(=O)OC(C)(C#N)OC(C)(C#N)OC(C)=O. The Labute approximate surface area is 98.5 Å². The van der Waals surface area contributed by atoms with Crippen LogP contribution < -0.4 is 0 Å². The van der Waals surface area contributed by atoms with E-state index in [9.17, 15) is 9.59 Å². The first-order valence-corrected chi connectivity index (χ1v) is 4.58. The standard InChI is InChI=1S/C10H12N2O5/c1-7(13)15-9(3,5-11)17-10(4,6-12)16-8(2)14/h1-4H3. The number of esters is 2. The average molecular weight is 240 g/mol. The molecule has 0 saturated heterocycles. The zero-order valence-corrected chi connectivity index (χ0v) is 9.94. The monoisotopic (exact) mass is 240 g/mol. The van der Waals surface area contributed by atoms with E-state index in [1.807, 2.05) is 0 Å². The van der Waals surface area contributed by atoms with Crippen molar-refractivity contribution in [3.63, 3.8) is 0 Å². The molecule has 2 atom stereocenters. The quantitative estimate of drug-likeness (QED) is 0.522. The molecule has 0 amide bonds. The van der Waals surface area contributed by atoms with Gasteiger partial charge in [0.15, 0.2) is 0 Å². The Morgan fingerprint density at radius 2 is 1.24 bits per heavy atom. The third-order valence-corrected chi connectivity index (χ3v) is 1.47. The Bertz CT molecular complexity index is 370. The highest BCUT2D eigenvalue weighted by Gasteiger charge is 2.41. The van der Waals surface area contributed by atoms with Crippen LogP contribution in [0.3, 0.4) is 0 Å². The van der Waals surface area contributed by atoms with Gasteiger partial charge in [0.2, 0.25) is 0 Å². The zero-order valence-electron chi connectivity index (χ0n) is 9.94. The van der Waals surface area contributed by atoms with E-state index in [2.05, 4.69) is 9.47 Å². The summed E-state index contributed by atoms with van der Waals surface area (Å²) in [6, 6.07) is 3.13. The van der Waals surface area contributed by atoms with Crippen molar-refractivity contribution in [1.82, 2.24) is 0 Å². The summed E-state index contributed by atoms with van der Waals surface area (Å²) < 4.78 is 14.1. The van der Waals surface area contributed by atoms with E-state index >= 15 is 0 Å². The number of carbonyl (C=O) groups is 2. The summed E-state index contributed by atoms with van der Waals surface area (Å²) in [7, 11) is 0. The van der Waals surface area contributed by atoms with Crippen LogP contribution in [0, 0.1) is 22.7 Å². The first-order chi connectivity index (χ1) is 7.66. The number of nitrogens with zero attached hydrogens (tertiary/aromatic N) is 2. The molecule has 17 heavy (non-hydrogen) atoms. The molecule has 0 spiro atoms. The summed E-state index contributed by atoms with van der Waals surface area (Å²) in [5, 5.41) is 17.7. The van der Waals surface area contributed by atoms with E-state index in [0.29, 0.717) is 0 Å². The molecular formula is C10H12N2O5. The predicted octanol–water partition coefficient (Wildman–Crippen LogP) is 0.609. The molecule has 0 aliphatic heterocycles. The van der Waals surface area contributed by atoms with Gasteiger partial charge in [-0.15, -0.1) is 0 Å². The van der Waals surface area contributed by atoms with Gasteiger partial charge in [-0.2, -0.15) is 10.5 Å². The normalized spacial score (nSPS) is 16.6. The molecule has 2 unspecified atom stereocenters. The number of hydrogen-bond donors (Lipinski definition) is 0. The van der Waals surface area contributed by atoms with E-state index < -0.39 is 23.5 Å². The first-order valence-electron chi connectivity index (χ1n) is 4.58. The van der Waals surface area contributed by atoms with Crippen molar-refractivity contribution in [3.8, 4) is 12.1 Å². The molecule has 0 N–H and O–H groups in total. The van der Waals surface area contributed by atoms with Gasteiger partial charge in [0, 0.05) is 27.7 Å². The highest BCUT2D eigenvalue weighted by Crippen LogP contribution is 2.22. The molecule has 0 heterocycles. The van der Waals surface area contributed by atoms with Crippen LogP contribution >= 0.6 is 0 Å². The van der Waals surface area contributed by atoms with Crippen molar-refractivity contribution in [2.24, 2.45) is 0 Å². The van der Waals surface area contributed by atoms with E-state index in [0.717, 1.165) is 27.7 Å². The van der Waals surface area contributed by atoms with Crippen LogP contribution in [0.1, 0.15) is 27.7 Å². The molecule has 0 rings (SSSR count). The minimum absolute atomic E-state index is 0.767. The molecule has 0 fully saturated rings. The summed E-state index contributed by atoms with van der Waals surface area (Å²) in [5.74, 6) is -5.55. The van der Waals surface area contributed by atoms with Crippen molar-refractivity contribution in [2.75, 3.05) is 0 Å². The van der Waals surface area contributed by atoms with Gasteiger partial charge in [-0.1, -0.05) is 0 Å². The van der Waals surface area contributed by atoms with Crippen molar-refractivity contribution >= 4 is 11.9 Å². The molecule has 92 valence electrons. The van der Waals surface area contributed by atoms with Gasteiger partial charge in [0.1, 0.15) is 12.1 Å². The zero-order chi connectivity index (χ0) is 13.7. The van der Waals surface area contributed by atoms with E-state index in [-0.39, 0.29) is 0 Å². The van der Waals surface area contributed by atoms with Gasteiger partial charge in [-0.25, -0.2) is 0 Å². The second-order valence-corrected chi connectivity index (χ2v) is 3.40. The van der Waals surface area contributed by atoms with Crippen LogP contribution in [-0.4, -0.2) is 23.5 Å². The lowest BCUT2D eigenvalue weighted by Crippen LogP contribution is -2.44. The van der Waals surface area contributed by atoms with Crippen LogP contribution in [-0.2, 0) is 23.8 Å². The largest absolute Gasteiger partial charge is 0.419 e. The number of ether oxygens (including phenoxy) is 3. The predicted molar refractivity (Wildman–Crippen MR) is 52.7 cm³/mol. The van der Waals surface area contributed by atoms with Crippen LogP contribution in [0.5, 0.6) is 0 Å². The maximum atomic E-state index is 10.8. The molecular weight excluding hydrogens is 228 g/mol. The minimum atomic E-state index is -2.01. The Morgan fingerprint density at radius 1 is 0.941 bits per heavy atom. The lowest BCUT2D eigenvalue weighted by atomic mass is 10.3. The Morgan fingerprint density at radius 3 is 1.41 bits per heavy atom. The highest BCUT2D eigenvalue weighted by molar-refractivity contribution is 5.67. The third-order valence-electron chi connectivity index (χ3n) is 1.47. The van der Waals surface area contributed by atoms with Crippen LogP contribution in [0.2, 0.25) is 0 Å². The second-order valence-electron chi connectivity index (χ2n) is 3.40. The van der Waals surface area contributed by atoms with Crippen molar-refractivity contribution in [3.05, 3.63) is 0 Å². The number of carbonyl (C=O) groups excluding carboxylic acids is 2. The Balaban J connectivity index is 4.99. The smallest absolute Gasteiger partial charge is 0.305 e.